The molecule has 0 aliphatic carbocycles. The third kappa shape index (κ3) is 5.82. The zero-order valence-corrected chi connectivity index (χ0v) is 11.3. The summed E-state index contributed by atoms with van der Waals surface area (Å²) in [5, 5.41) is 0. The van der Waals surface area contributed by atoms with Gasteiger partial charge in [0.1, 0.15) is 5.60 Å². The summed E-state index contributed by atoms with van der Waals surface area (Å²) < 4.78 is 5.39. The van der Waals surface area contributed by atoms with E-state index >= 15 is 0 Å². The zero-order chi connectivity index (χ0) is 11.9. The number of hydrogen-bond donors (Lipinski definition) is 0. The van der Waals surface area contributed by atoms with Crippen LogP contribution in [0.4, 0.5) is 4.79 Å². The van der Waals surface area contributed by atoms with Crippen molar-refractivity contribution in [3.63, 3.8) is 0 Å². The van der Waals surface area contributed by atoms with Gasteiger partial charge in [0.05, 0.1) is 10.2 Å². The summed E-state index contributed by atoms with van der Waals surface area (Å²) in [4.78, 5) is 13.4. The van der Waals surface area contributed by atoms with Gasteiger partial charge in [0.25, 0.3) is 0 Å². The van der Waals surface area contributed by atoms with Crippen molar-refractivity contribution in [1.82, 2.24) is 4.90 Å². The number of amides is 1. The number of hydrogen-bond acceptors (Lipinski definition) is 2. The van der Waals surface area contributed by atoms with E-state index < -0.39 is 0 Å². The van der Waals surface area contributed by atoms with E-state index in [0.29, 0.717) is 6.17 Å². The normalized spacial score (nSPS) is 11.3. The summed E-state index contributed by atoms with van der Waals surface area (Å²) in [6.07, 6.45) is 3.20. The maximum absolute atomic E-state index is 11.7. The highest BCUT2D eigenvalue weighted by atomic mass is 28.1. The molecule has 0 heterocycles. The Morgan fingerprint density at radius 1 is 1.40 bits per heavy atom. The van der Waals surface area contributed by atoms with Crippen LogP contribution in [0, 0.1) is 0 Å². The van der Waals surface area contributed by atoms with Crippen molar-refractivity contribution in [3.8, 4) is 0 Å². The van der Waals surface area contributed by atoms with Gasteiger partial charge >= 0.3 is 6.09 Å². The van der Waals surface area contributed by atoms with Gasteiger partial charge in [0.2, 0.25) is 0 Å². The molecule has 3 nitrogen and oxygen atoms in total. The minimum Gasteiger partial charge on any atom is -0.443 e. The molecule has 0 bridgehead atoms. The van der Waals surface area contributed by atoms with Crippen LogP contribution < -0.4 is 0 Å². The molecule has 3 radical (unpaired) electrons. The van der Waals surface area contributed by atoms with Crippen LogP contribution in [-0.4, -0.2) is 39.5 Å². The SMILES string of the molecule is CCCCN(C[Si])C(=O)OC(C)(C)CC. The van der Waals surface area contributed by atoms with Crippen molar-refractivity contribution >= 4 is 16.3 Å². The summed E-state index contributed by atoms with van der Waals surface area (Å²) in [5.41, 5.74) is -0.372. The lowest BCUT2D eigenvalue weighted by Gasteiger charge is -2.28. The van der Waals surface area contributed by atoms with Crippen LogP contribution in [-0.2, 0) is 4.74 Å². The van der Waals surface area contributed by atoms with Crippen molar-refractivity contribution in [3.05, 3.63) is 0 Å². The van der Waals surface area contributed by atoms with E-state index in [0.717, 1.165) is 25.8 Å². The lowest BCUT2D eigenvalue weighted by Crippen LogP contribution is -2.39. The first kappa shape index (κ1) is 14.5. The van der Waals surface area contributed by atoms with E-state index in [9.17, 15) is 4.79 Å². The molecule has 87 valence electrons. The smallest absolute Gasteiger partial charge is 0.409 e. The maximum Gasteiger partial charge on any atom is 0.409 e. The molecular formula is C11H22NO2Si. The zero-order valence-electron chi connectivity index (χ0n) is 10.3. The van der Waals surface area contributed by atoms with Crippen LogP contribution >= 0.6 is 0 Å². The molecule has 0 saturated heterocycles. The summed E-state index contributed by atoms with van der Waals surface area (Å²) in [6, 6.07) is 0. The highest BCUT2D eigenvalue weighted by molar-refractivity contribution is 6.09. The largest absolute Gasteiger partial charge is 0.443 e. The Morgan fingerprint density at radius 2 is 2.00 bits per heavy atom. The molecule has 0 aromatic carbocycles. The molecule has 0 saturated carbocycles. The van der Waals surface area contributed by atoms with Gasteiger partial charge in [-0.2, -0.15) is 0 Å². The summed E-state index contributed by atoms with van der Waals surface area (Å²) in [5.74, 6) is 0. The van der Waals surface area contributed by atoms with Crippen LogP contribution in [0.5, 0.6) is 0 Å². The molecule has 0 aromatic rings. The van der Waals surface area contributed by atoms with Crippen LogP contribution in [0.25, 0.3) is 0 Å². The number of unbranched alkanes of at least 4 members (excludes halogenated alkanes) is 1. The highest BCUT2D eigenvalue weighted by Crippen LogP contribution is 2.15. The van der Waals surface area contributed by atoms with Gasteiger partial charge in [-0.1, -0.05) is 20.3 Å². The molecule has 1 amide bonds. The number of carbonyl (C=O) groups is 1. The van der Waals surface area contributed by atoms with E-state index in [1.54, 1.807) is 4.90 Å². The van der Waals surface area contributed by atoms with Crippen molar-refractivity contribution in [2.45, 2.75) is 52.6 Å². The number of ether oxygens (including phenoxy) is 1. The summed E-state index contributed by atoms with van der Waals surface area (Å²) >= 11 is 0. The first-order chi connectivity index (χ1) is 6.96. The Balaban J connectivity index is 4.15. The van der Waals surface area contributed by atoms with Gasteiger partial charge in [-0.3, -0.25) is 0 Å². The molecule has 4 heteroatoms. The lowest BCUT2D eigenvalue weighted by atomic mass is 10.1. The lowest BCUT2D eigenvalue weighted by molar-refractivity contribution is 0.0142. The number of nitrogens with zero attached hydrogens (tertiary/aromatic N) is 1. The first-order valence-corrected chi connectivity index (χ1v) is 6.30. The minimum absolute atomic E-state index is 0.231. The molecule has 0 atom stereocenters. The van der Waals surface area contributed by atoms with E-state index in [2.05, 4.69) is 17.2 Å². The molecule has 0 aliphatic heterocycles. The fraction of sp³-hybridized carbons (Fsp3) is 0.909. The molecule has 0 N–H and O–H groups in total. The van der Waals surface area contributed by atoms with Gasteiger partial charge in [-0.05, 0) is 26.7 Å². The van der Waals surface area contributed by atoms with Gasteiger partial charge in [-0.25, -0.2) is 4.79 Å². The third-order valence-corrected chi connectivity index (χ3v) is 2.83. The van der Waals surface area contributed by atoms with Crippen molar-refractivity contribution in [2.75, 3.05) is 12.7 Å². The number of carbonyl (C=O) groups excluding carboxylic acids is 1. The fourth-order valence-corrected chi connectivity index (χ4v) is 1.24. The Kier molecular flexibility index (Phi) is 6.64. The standard InChI is InChI=1S/C11H22NO2Si/c1-5-7-8-12(9-15)10(13)14-11(3,4)6-2/h5-9H2,1-4H3. The second kappa shape index (κ2) is 6.88. The predicted octanol–water partition coefficient (Wildman–Crippen LogP) is 2.54. The third-order valence-electron chi connectivity index (χ3n) is 2.45. The quantitative estimate of drug-likeness (QED) is 0.654. The topological polar surface area (TPSA) is 29.5 Å². The Morgan fingerprint density at radius 3 is 2.40 bits per heavy atom. The van der Waals surface area contributed by atoms with Gasteiger partial charge in [0.15, 0.2) is 0 Å². The molecule has 0 unspecified atom stereocenters. The second-order valence-electron chi connectivity index (χ2n) is 4.26. The first-order valence-electron chi connectivity index (χ1n) is 5.59. The van der Waals surface area contributed by atoms with Crippen molar-refractivity contribution < 1.29 is 9.53 Å². The summed E-state index contributed by atoms with van der Waals surface area (Å²) in [7, 11) is 3.35. The summed E-state index contributed by atoms with van der Waals surface area (Å²) in [6.45, 7) is 8.72. The van der Waals surface area contributed by atoms with Gasteiger partial charge in [0, 0.05) is 12.7 Å². The van der Waals surface area contributed by atoms with Crippen LogP contribution in [0.1, 0.15) is 47.0 Å². The average Bonchev–Trinajstić information content (AvgIpc) is 2.18. The molecule has 0 fully saturated rings. The maximum atomic E-state index is 11.7. The van der Waals surface area contributed by atoms with Crippen LogP contribution in [0.2, 0.25) is 0 Å². The van der Waals surface area contributed by atoms with Gasteiger partial charge < -0.3 is 9.64 Å². The molecular weight excluding hydrogens is 206 g/mol. The van der Waals surface area contributed by atoms with Crippen LogP contribution in [0.15, 0.2) is 0 Å². The Bertz CT molecular complexity index is 195. The molecule has 0 rings (SSSR count). The van der Waals surface area contributed by atoms with Crippen LogP contribution in [0.3, 0.4) is 0 Å². The van der Waals surface area contributed by atoms with Crippen molar-refractivity contribution in [2.24, 2.45) is 0 Å². The van der Waals surface area contributed by atoms with Crippen molar-refractivity contribution in [1.29, 1.82) is 0 Å². The molecule has 0 spiro atoms. The Hall–Kier alpha value is -0.513. The number of rotatable bonds is 6. The van der Waals surface area contributed by atoms with E-state index in [1.165, 1.54) is 0 Å². The molecule has 15 heavy (non-hydrogen) atoms. The fourth-order valence-electron chi connectivity index (χ4n) is 0.957. The van der Waals surface area contributed by atoms with Gasteiger partial charge in [-0.15, -0.1) is 0 Å². The molecule has 0 aliphatic rings. The predicted molar refractivity (Wildman–Crippen MR) is 63.1 cm³/mol. The van der Waals surface area contributed by atoms with E-state index in [4.69, 9.17) is 4.74 Å². The Labute approximate surface area is 96.6 Å². The van der Waals surface area contributed by atoms with E-state index in [1.807, 2.05) is 20.8 Å². The second-order valence-corrected chi connectivity index (χ2v) is 4.57. The monoisotopic (exact) mass is 228 g/mol. The molecule has 0 aromatic heterocycles. The minimum atomic E-state index is -0.372. The van der Waals surface area contributed by atoms with E-state index in [-0.39, 0.29) is 11.7 Å². The average molecular weight is 228 g/mol. The highest BCUT2D eigenvalue weighted by Gasteiger charge is 2.23.